The highest BCUT2D eigenvalue weighted by Crippen LogP contribution is 2.22. The van der Waals surface area contributed by atoms with Gasteiger partial charge in [0.05, 0.1) is 24.2 Å². The number of tetrazole rings is 1. The summed E-state index contributed by atoms with van der Waals surface area (Å²) >= 11 is 0. The Labute approximate surface area is 158 Å². The number of methoxy groups -OCH3 is 1. The summed E-state index contributed by atoms with van der Waals surface area (Å²) in [7, 11) is -2.12. The normalized spacial score (nSPS) is 11.6. The van der Waals surface area contributed by atoms with Crippen LogP contribution in [0.4, 0.5) is 0 Å². The number of sulfonamides is 1. The number of nitrogens with zero attached hydrogens (tertiary/aromatic N) is 4. The number of hydrogen-bond acceptors (Lipinski definition) is 6. The van der Waals surface area contributed by atoms with Crippen molar-refractivity contribution in [3.8, 4) is 11.4 Å². The lowest BCUT2D eigenvalue weighted by atomic mass is 10.1. The van der Waals surface area contributed by atoms with Crippen LogP contribution in [0.5, 0.6) is 5.75 Å². The van der Waals surface area contributed by atoms with Crippen molar-refractivity contribution in [2.45, 2.75) is 32.2 Å². The monoisotopic (exact) mass is 387 g/mol. The molecule has 3 rings (SSSR count). The first-order chi connectivity index (χ1) is 12.8. The summed E-state index contributed by atoms with van der Waals surface area (Å²) in [5.74, 6) is 1.09. The molecular formula is C18H21N5O3S. The van der Waals surface area contributed by atoms with Crippen molar-refractivity contribution in [3.63, 3.8) is 0 Å². The van der Waals surface area contributed by atoms with Crippen LogP contribution in [0.15, 0.2) is 41.3 Å². The molecule has 0 unspecified atom stereocenters. The Balaban J connectivity index is 1.84. The Morgan fingerprint density at radius 2 is 1.70 bits per heavy atom. The molecule has 1 heterocycles. The zero-order chi connectivity index (χ0) is 19.6. The van der Waals surface area contributed by atoms with E-state index in [0.29, 0.717) is 28.4 Å². The lowest BCUT2D eigenvalue weighted by Crippen LogP contribution is -2.26. The Morgan fingerprint density at radius 3 is 2.30 bits per heavy atom. The van der Waals surface area contributed by atoms with Crippen molar-refractivity contribution in [2.75, 3.05) is 7.11 Å². The molecule has 0 radical (unpaired) electrons. The molecule has 0 aliphatic rings. The minimum Gasteiger partial charge on any atom is -0.497 e. The van der Waals surface area contributed by atoms with Gasteiger partial charge in [0, 0.05) is 0 Å². The van der Waals surface area contributed by atoms with Crippen LogP contribution in [0.1, 0.15) is 22.5 Å². The fourth-order valence-electron chi connectivity index (χ4n) is 3.06. The summed E-state index contributed by atoms with van der Waals surface area (Å²) in [6, 6.07) is 10.9. The van der Waals surface area contributed by atoms with Gasteiger partial charge >= 0.3 is 0 Å². The number of ether oxygens (including phenoxy) is 1. The van der Waals surface area contributed by atoms with Crippen molar-refractivity contribution in [1.29, 1.82) is 0 Å². The molecule has 0 saturated heterocycles. The van der Waals surface area contributed by atoms with E-state index in [1.54, 1.807) is 45.2 Å². The summed E-state index contributed by atoms with van der Waals surface area (Å²) < 4.78 is 34.8. The predicted octanol–water partition coefficient (Wildman–Crippen LogP) is 2.07. The van der Waals surface area contributed by atoms with E-state index in [0.717, 1.165) is 5.56 Å². The van der Waals surface area contributed by atoms with Crippen LogP contribution in [0.2, 0.25) is 0 Å². The summed E-state index contributed by atoms with van der Waals surface area (Å²) in [5.41, 5.74) is 3.13. The summed E-state index contributed by atoms with van der Waals surface area (Å²) in [6.45, 7) is 5.48. The van der Waals surface area contributed by atoms with Gasteiger partial charge in [-0.2, -0.15) is 4.68 Å². The van der Waals surface area contributed by atoms with Crippen molar-refractivity contribution >= 4 is 10.0 Å². The Bertz CT molecular complexity index is 1040. The van der Waals surface area contributed by atoms with E-state index in [1.165, 1.54) is 4.68 Å². The number of rotatable bonds is 6. The number of benzene rings is 2. The van der Waals surface area contributed by atoms with E-state index < -0.39 is 10.0 Å². The third kappa shape index (κ3) is 3.99. The molecule has 27 heavy (non-hydrogen) atoms. The average molecular weight is 387 g/mol. The summed E-state index contributed by atoms with van der Waals surface area (Å²) in [4.78, 5) is 0.288. The van der Waals surface area contributed by atoms with E-state index in [2.05, 4.69) is 20.2 Å². The predicted molar refractivity (Wildman–Crippen MR) is 100 cm³/mol. The zero-order valence-corrected chi connectivity index (χ0v) is 16.4. The van der Waals surface area contributed by atoms with Gasteiger partial charge in [-0.15, -0.1) is 5.10 Å². The molecule has 9 heteroatoms. The van der Waals surface area contributed by atoms with E-state index >= 15 is 0 Å². The SMILES string of the molecule is COc1ccc(-n2nnnc2CNS(=O)(=O)c2c(C)cc(C)cc2C)cc1. The molecule has 0 atom stereocenters. The summed E-state index contributed by atoms with van der Waals surface area (Å²) in [5, 5.41) is 11.5. The molecule has 0 aliphatic heterocycles. The fraction of sp³-hybridized carbons (Fsp3) is 0.278. The summed E-state index contributed by atoms with van der Waals surface area (Å²) in [6.07, 6.45) is 0. The lowest BCUT2D eigenvalue weighted by molar-refractivity contribution is 0.414. The molecule has 142 valence electrons. The van der Waals surface area contributed by atoms with Gasteiger partial charge in [-0.05, 0) is 66.6 Å². The van der Waals surface area contributed by atoms with Crippen LogP contribution in [-0.4, -0.2) is 35.7 Å². The minimum atomic E-state index is -3.70. The van der Waals surface area contributed by atoms with Crippen LogP contribution >= 0.6 is 0 Å². The second-order valence-electron chi connectivity index (χ2n) is 6.26. The molecule has 0 aliphatic carbocycles. The van der Waals surface area contributed by atoms with Crippen molar-refractivity contribution < 1.29 is 13.2 Å². The first-order valence-corrected chi connectivity index (χ1v) is 9.79. The van der Waals surface area contributed by atoms with Crippen molar-refractivity contribution in [2.24, 2.45) is 0 Å². The average Bonchev–Trinajstić information content (AvgIpc) is 3.07. The fourth-order valence-corrected chi connectivity index (χ4v) is 4.49. The Hall–Kier alpha value is -2.78. The molecule has 0 spiro atoms. The largest absolute Gasteiger partial charge is 0.497 e. The maximum Gasteiger partial charge on any atom is 0.241 e. The second kappa shape index (κ2) is 7.45. The molecule has 3 aromatic rings. The Morgan fingerprint density at radius 1 is 1.07 bits per heavy atom. The second-order valence-corrected chi connectivity index (χ2v) is 7.96. The van der Waals surface area contributed by atoms with Crippen LogP contribution < -0.4 is 9.46 Å². The maximum atomic E-state index is 12.8. The third-order valence-corrected chi connectivity index (χ3v) is 5.85. The van der Waals surface area contributed by atoms with E-state index in [4.69, 9.17) is 4.74 Å². The molecule has 0 fully saturated rings. The molecule has 2 aromatic carbocycles. The highest BCUT2D eigenvalue weighted by atomic mass is 32.2. The van der Waals surface area contributed by atoms with Crippen molar-refractivity contribution in [3.05, 3.63) is 58.9 Å². The first kappa shape index (κ1) is 19.0. The third-order valence-electron chi connectivity index (χ3n) is 4.14. The van der Waals surface area contributed by atoms with Crippen molar-refractivity contribution in [1.82, 2.24) is 24.9 Å². The number of hydrogen-bond donors (Lipinski definition) is 1. The van der Waals surface area contributed by atoms with Gasteiger partial charge in [0.15, 0.2) is 5.82 Å². The quantitative estimate of drug-likeness (QED) is 0.695. The highest BCUT2D eigenvalue weighted by molar-refractivity contribution is 7.89. The topological polar surface area (TPSA) is 99.0 Å². The smallest absolute Gasteiger partial charge is 0.241 e. The molecule has 8 nitrogen and oxygen atoms in total. The maximum absolute atomic E-state index is 12.8. The molecule has 0 bridgehead atoms. The van der Waals surface area contributed by atoms with Gasteiger partial charge in [0.25, 0.3) is 0 Å². The minimum absolute atomic E-state index is 0.0336. The van der Waals surface area contributed by atoms with Crippen LogP contribution in [0.25, 0.3) is 5.69 Å². The van der Waals surface area contributed by atoms with E-state index in [9.17, 15) is 8.42 Å². The zero-order valence-electron chi connectivity index (χ0n) is 15.6. The first-order valence-electron chi connectivity index (χ1n) is 8.31. The van der Waals surface area contributed by atoms with Crippen LogP contribution in [0, 0.1) is 20.8 Å². The van der Waals surface area contributed by atoms with Gasteiger partial charge in [-0.3, -0.25) is 0 Å². The van der Waals surface area contributed by atoms with Gasteiger partial charge in [0.1, 0.15) is 5.75 Å². The highest BCUT2D eigenvalue weighted by Gasteiger charge is 2.21. The van der Waals surface area contributed by atoms with Crippen LogP contribution in [0.3, 0.4) is 0 Å². The van der Waals surface area contributed by atoms with E-state index in [1.807, 2.05) is 19.1 Å². The molecule has 1 aromatic heterocycles. The lowest BCUT2D eigenvalue weighted by Gasteiger charge is -2.13. The van der Waals surface area contributed by atoms with Gasteiger partial charge in [-0.25, -0.2) is 13.1 Å². The standard InChI is InChI=1S/C18H21N5O3S/c1-12-9-13(2)18(14(3)10-12)27(24,25)19-11-17-20-21-22-23(17)15-5-7-16(26-4)8-6-15/h5-10,19H,11H2,1-4H3. The molecular weight excluding hydrogens is 366 g/mol. The Kier molecular flexibility index (Phi) is 5.24. The van der Waals surface area contributed by atoms with Gasteiger partial charge in [-0.1, -0.05) is 17.7 Å². The number of nitrogens with one attached hydrogen (secondary N) is 1. The molecule has 0 saturated carbocycles. The van der Waals surface area contributed by atoms with E-state index in [-0.39, 0.29) is 11.4 Å². The van der Waals surface area contributed by atoms with Gasteiger partial charge < -0.3 is 4.74 Å². The molecule has 0 amide bonds. The number of aryl methyl sites for hydroxylation is 3. The number of aromatic nitrogens is 4. The van der Waals surface area contributed by atoms with Crippen LogP contribution in [-0.2, 0) is 16.6 Å². The van der Waals surface area contributed by atoms with Gasteiger partial charge in [0.2, 0.25) is 10.0 Å². The molecule has 1 N–H and O–H groups in total.